The van der Waals surface area contributed by atoms with E-state index in [1.165, 1.54) is 4.31 Å². The van der Waals surface area contributed by atoms with Crippen molar-refractivity contribution in [3.63, 3.8) is 0 Å². The van der Waals surface area contributed by atoms with Crippen molar-refractivity contribution >= 4 is 15.9 Å². The fourth-order valence-corrected chi connectivity index (χ4v) is 4.07. The third kappa shape index (κ3) is 2.45. The molecule has 110 valence electrons. The molecule has 6 heteroatoms. The molecule has 1 aromatic rings. The number of carbonyl (C=O) groups excluding carboxylic acids is 1. The molecule has 1 amide bonds. The Morgan fingerprint density at radius 1 is 1.25 bits per heavy atom. The molecule has 0 unspecified atom stereocenters. The molecule has 0 saturated carbocycles. The molecule has 1 saturated heterocycles. The Kier molecular flexibility index (Phi) is 3.88. The van der Waals surface area contributed by atoms with E-state index in [9.17, 15) is 13.2 Å². The maximum absolute atomic E-state index is 12.7. The van der Waals surface area contributed by atoms with Gasteiger partial charge in [-0.25, -0.2) is 8.42 Å². The third-order valence-electron chi connectivity index (χ3n) is 3.70. The lowest BCUT2D eigenvalue weighted by atomic mass is 10.0. The van der Waals surface area contributed by atoms with Gasteiger partial charge in [-0.15, -0.1) is 0 Å². The Hall–Kier alpha value is -1.40. The van der Waals surface area contributed by atoms with E-state index < -0.39 is 15.6 Å². The van der Waals surface area contributed by atoms with E-state index in [1.54, 1.807) is 26.0 Å². The molecule has 0 aromatic heterocycles. The van der Waals surface area contributed by atoms with Crippen molar-refractivity contribution < 1.29 is 13.2 Å². The molecule has 5 nitrogen and oxygen atoms in total. The molecule has 1 fully saturated rings. The van der Waals surface area contributed by atoms with Crippen molar-refractivity contribution in [3.8, 4) is 0 Å². The van der Waals surface area contributed by atoms with E-state index in [0.717, 1.165) is 12.0 Å². The largest absolute Gasteiger partial charge is 0.353 e. The van der Waals surface area contributed by atoms with Crippen LogP contribution in [0, 0.1) is 0 Å². The van der Waals surface area contributed by atoms with Gasteiger partial charge in [-0.2, -0.15) is 4.31 Å². The first-order valence-corrected chi connectivity index (χ1v) is 8.14. The minimum absolute atomic E-state index is 0.234. The van der Waals surface area contributed by atoms with Crippen LogP contribution < -0.4 is 5.32 Å². The summed E-state index contributed by atoms with van der Waals surface area (Å²) in [6, 6.07) is 6.83. The SMILES string of the molecule is CCc1ccc(S(=O)(=O)N2CCNC(=O)C2(C)C)cc1. The first kappa shape index (κ1) is 15.0. The number of nitrogens with one attached hydrogen (secondary N) is 1. The molecule has 0 bridgehead atoms. The van der Waals surface area contributed by atoms with Crippen LogP contribution in [0.4, 0.5) is 0 Å². The standard InChI is InChI=1S/C14H20N2O3S/c1-4-11-5-7-12(8-6-11)20(18,19)16-10-9-15-13(17)14(16,2)3/h5-8H,4,9-10H2,1-3H3,(H,15,17). The highest BCUT2D eigenvalue weighted by atomic mass is 32.2. The normalized spacial score (nSPS) is 19.6. The quantitative estimate of drug-likeness (QED) is 0.910. The van der Waals surface area contributed by atoms with E-state index in [-0.39, 0.29) is 17.3 Å². The Bertz CT molecular complexity index is 606. The highest BCUT2D eigenvalue weighted by molar-refractivity contribution is 7.89. The lowest BCUT2D eigenvalue weighted by Crippen LogP contribution is -2.63. The van der Waals surface area contributed by atoms with Crippen LogP contribution in [0.25, 0.3) is 0 Å². The summed E-state index contributed by atoms with van der Waals surface area (Å²) in [6.45, 7) is 5.89. The molecular weight excluding hydrogens is 276 g/mol. The minimum Gasteiger partial charge on any atom is -0.353 e. The van der Waals surface area contributed by atoms with E-state index in [4.69, 9.17) is 0 Å². The van der Waals surface area contributed by atoms with Crippen LogP contribution in [0.1, 0.15) is 26.3 Å². The number of hydrogen-bond acceptors (Lipinski definition) is 3. The molecule has 1 heterocycles. The summed E-state index contributed by atoms with van der Waals surface area (Å²) in [5.41, 5.74) is 0.0140. The smallest absolute Gasteiger partial charge is 0.244 e. The van der Waals surface area contributed by atoms with Gasteiger partial charge in [-0.05, 0) is 38.0 Å². The number of amides is 1. The van der Waals surface area contributed by atoms with Crippen LogP contribution in [0.15, 0.2) is 29.2 Å². The number of nitrogens with zero attached hydrogens (tertiary/aromatic N) is 1. The summed E-state index contributed by atoms with van der Waals surface area (Å²) in [5.74, 6) is -0.266. The van der Waals surface area contributed by atoms with Gasteiger partial charge in [0.15, 0.2) is 0 Å². The molecule has 0 atom stereocenters. The molecule has 0 radical (unpaired) electrons. The number of sulfonamides is 1. The van der Waals surface area contributed by atoms with Crippen LogP contribution in [0.3, 0.4) is 0 Å². The molecule has 1 aliphatic heterocycles. The maximum Gasteiger partial charge on any atom is 0.244 e. The van der Waals surface area contributed by atoms with Crippen molar-refractivity contribution in [2.75, 3.05) is 13.1 Å². The van der Waals surface area contributed by atoms with Crippen molar-refractivity contribution in [2.24, 2.45) is 0 Å². The predicted octanol–water partition coefficient (Wildman–Crippen LogP) is 1.15. The Labute approximate surface area is 120 Å². The summed E-state index contributed by atoms with van der Waals surface area (Å²) in [6.07, 6.45) is 0.859. The number of piperazine rings is 1. The van der Waals surface area contributed by atoms with Gasteiger partial charge in [0.25, 0.3) is 0 Å². The zero-order valence-corrected chi connectivity index (χ0v) is 12.8. The second-order valence-electron chi connectivity index (χ2n) is 5.39. The highest BCUT2D eigenvalue weighted by Crippen LogP contribution is 2.26. The average Bonchev–Trinajstić information content (AvgIpc) is 2.41. The Morgan fingerprint density at radius 3 is 2.40 bits per heavy atom. The maximum atomic E-state index is 12.7. The van der Waals surface area contributed by atoms with Crippen LogP contribution in [-0.4, -0.2) is 37.3 Å². The van der Waals surface area contributed by atoms with Gasteiger partial charge in [-0.1, -0.05) is 19.1 Å². The third-order valence-corrected chi connectivity index (χ3v) is 5.79. The first-order chi connectivity index (χ1) is 9.30. The highest BCUT2D eigenvalue weighted by Gasteiger charge is 2.44. The number of benzene rings is 1. The molecule has 2 rings (SSSR count). The summed E-state index contributed by atoms with van der Waals surface area (Å²) in [4.78, 5) is 12.1. The van der Waals surface area contributed by atoms with Crippen molar-refractivity contribution in [3.05, 3.63) is 29.8 Å². The van der Waals surface area contributed by atoms with Gasteiger partial charge in [-0.3, -0.25) is 4.79 Å². The first-order valence-electron chi connectivity index (χ1n) is 6.70. The molecule has 20 heavy (non-hydrogen) atoms. The lowest BCUT2D eigenvalue weighted by Gasteiger charge is -2.39. The van der Waals surface area contributed by atoms with E-state index >= 15 is 0 Å². The van der Waals surface area contributed by atoms with Gasteiger partial charge in [0.05, 0.1) is 4.90 Å². The van der Waals surface area contributed by atoms with E-state index in [2.05, 4.69) is 5.32 Å². The molecule has 1 N–H and O–H groups in total. The summed E-state index contributed by atoms with van der Waals surface area (Å²) in [5, 5.41) is 2.70. The van der Waals surface area contributed by atoms with Gasteiger partial charge in [0, 0.05) is 13.1 Å². The Balaban J connectivity index is 2.40. The summed E-state index contributed by atoms with van der Waals surface area (Å²) >= 11 is 0. The van der Waals surface area contributed by atoms with Crippen molar-refractivity contribution in [1.82, 2.24) is 9.62 Å². The molecule has 1 aliphatic rings. The van der Waals surface area contributed by atoms with Crippen LogP contribution in [0.5, 0.6) is 0 Å². The topological polar surface area (TPSA) is 66.5 Å². The van der Waals surface area contributed by atoms with Crippen molar-refractivity contribution in [2.45, 2.75) is 37.6 Å². The van der Waals surface area contributed by atoms with Crippen molar-refractivity contribution in [1.29, 1.82) is 0 Å². The summed E-state index contributed by atoms with van der Waals surface area (Å²) in [7, 11) is -3.66. The van der Waals surface area contributed by atoms with Gasteiger partial charge in [0.1, 0.15) is 5.54 Å². The molecular formula is C14H20N2O3S. The predicted molar refractivity (Wildman–Crippen MR) is 76.8 cm³/mol. The number of carbonyl (C=O) groups is 1. The number of hydrogen-bond donors (Lipinski definition) is 1. The monoisotopic (exact) mass is 296 g/mol. The fourth-order valence-electron chi connectivity index (χ4n) is 2.33. The molecule has 0 aliphatic carbocycles. The van der Waals surface area contributed by atoms with E-state index in [0.29, 0.717) is 6.54 Å². The lowest BCUT2D eigenvalue weighted by molar-refractivity contribution is -0.131. The van der Waals surface area contributed by atoms with E-state index in [1.807, 2.05) is 19.1 Å². The van der Waals surface area contributed by atoms with Crippen LogP contribution >= 0.6 is 0 Å². The number of rotatable bonds is 3. The second-order valence-corrected chi connectivity index (χ2v) is 7.25. The Morgan fingerprint density at radius 2 is 1.85 bits per heavy atom. The summed E-state index contributed by atoms with van der Waals surface area (Å²) < 4.78 is 26.7. The average molecular weight is 296 g/mol. The minimum atomic E-state index is -3.66. The van der Waals surface area contributed by atoms with Crippen LogP contribution in [-0.2, 0) is 21.2 Å². The number of aryl methyl sites for hydroxylation is 1. The van der Waals surface area contributed by atoms with Gasteiger partial charge < -0.3 is 5.32 Å². The van der Waals surface area contributed by atoms with Crippen LogP contribution in [0.2, 0.25) is 0 Å². The van der Waals surface area contributed by atoms with Gasteiger partial charge in [0.2, 0.25) is 15.9 Å². The fraction of sp³-hybridized carbons (Fsp3) is 0.500. The van der Waals surface area contributed by atoms with Gasteiger partial charge >= 0.3 is 0 Å². The molecule has 1 aromatic carbocycles. The zero-order chi connectivity index (χ0) is 15.0. The molecule has 0 spiro atoms. The zero-order valence-electron chi connectivity index (χ0n) is 12.0. The second kappa shape index (κ2) is 5.18.